The van der Waals surface area contributed by atoms with Gasteiger partial charge in [0.25, 0.3) is 0 Å². The van der Waals surface area contributed by atoms with Crippen molar-refractivity contribution in [3.8, 4) is 0 Å². The lowest BCUT2D eigenvalue weighted by molar-refractivity contribution is -0.117. The van der Waals surface area contributed by atoms with Gasteiger partial charge in [-0.25, -0.2) is 0 Å². The molecule has 0 bridgehead atoms. The maximum absolute atomic E-state index is 11.8. The largest absolute Gasteiger partial charge is 0.324 e. The molecule has 0 aromatic heterocycles. The molecule has 94 valence electrons. The van der Waals surface area contributed by atoms with Gasteiger partial charge in [-0.05, 0) is 43.0 Å². The lowest BCUT2D eigenvalue weighted by Gasteiger charge is -2.15. The van der Waals surface area contributed by atoms with Gasteiger partial charge in [0.2, 0.25) is 5.91 Å². The highest BCUT2D eigenvalue weighted by Crippen LogP contribution is 2.19. The van der Waals surface area contributed by atoms with Crippen LogP contribution in [0, 0.1) is 12.8 Å². The smallest absolute Gasteiger partial charge is 0.241 e. The summed E-state index contributed by atoms with van der Waals surface area (Å²) in [4.78, 5) is 11.8. The van der Waals surface area contributed by atoms with Crippen LogP contribution in [0.15, 0.2) is 18.2 Å². The molecule has 3 N–H and O–H groups in total. The lowest BCUT2D eigenvalue weighted by Crippen LogP contribution is -2.36. The van der Waals surface area contributed by atoms with E-state index < -0.39 is 6.04 Å². The number of nitrogens with two attached hydrogens (primary N) is 1. The zero-order valence-electron chi connectivity index (χ0n) is 10.5. The second-order valence-electron chi connectivity index (χ2n) is 4.68. The minimum Gasteiger partial charge on any atom is -0.324 e. The minimum absolute atomic E-state index is 0.149. The van der Waals surface area contributed by atoms with Crippen LogP contribution in [0.4, 0.5) is 5.69 Å². The van der Waals surface area contributed by atoms with E-state index in [-0.39, 0.29) is 5.91 Å². The number of carbonyl (C=O) groups is 1. The monoisotopic (exact) mass is 254 g/mol. The predicted molar refractivity (Wildman–Crippen MR) is 72.2 cm³/mol. The standard InChI is InChI=1S/C13H19ClN2O/c1-8(2)6-11(15)13(17)16-12-5-4-10(14)7-9(12)3/h4-5,7-8,11H,6,15H2,1-3H3,(H,16,17)/t11-/m1/s1. The van der Waals surface area contributed by atoms with Crippen LogP contribution in [-0.4, -0.2) is 11.9 Å². The quantitative estimate of drug-likeness (QED) is 0.868. The van der Waals surface area contributed by atoms with Gasteiger partial charge in [-0.3, -0.25) is 4.79 Å². The highest BCUT2D eigenvalue weighted by Gasteiger charge is 2.15. The molecule has 0 aliphatic heterocycles. The molecule has 0 saturated heterocycles. The Morgan fingerprint density at radius 2 is 2.12 bits per heavy atom. The molecule has 1 amide bonds. The Bertz CT molecular complexity index is 404. The van der Waals surface area contributed by atoms with Gasteiger partial charge >= 0.3 is 0 Å². The third-order valence-electron chi connectivity index (χ3n) is 2.51. The predicted octanol–water partition coefficient (Wildman–Crippen LogP) is 2.96. The number of aryl methyl sites for hydroxylation is 1. The van der Waals surface area contributed by atoms with Crippen molar-refractivity contribution in [3.63, 3.8) is 0 Å². The summed E-state index contributed by atoms with van der Waals surface area (Å²) in [7, 11) is 0. The topological polar surface area (TPSA) is 55.1 Å². The second-order valence-corrected chi connectivity index (χ2v) is 5.12. The molecule has 1 aromatic carbocycles. The number of carbonyl (C=O) groups excluding carboxylic acids is 1. The fourth-order valence-corrected chi connectivity index (χ4v) is 1.83. The van der Waals surface area contributed by atoms with E-state index in [1.807, 2.05) is 26.8 Å². The molecule has 17 heavy (non-hydrogen) atoms. The zero-order valence-corrected chi connectivity index (χ0v) is 11.2. The molecule has 0 saturated carbocycles. The van der Waals surface area contributed by atoms with Crippen molar-refractivity contribution in [2.24, 2.45) is 11.7 Å². The summed E-state index contributed by atoms with van der Waals surface area (Å²) >= 11 is 5.85. The van der Waals surface area contributed by atoms with Crippen LogP contribution in [0.5, 0.6) is 0 Å². The van der Waals surface area contributed by atoms with Crippen molar-refractivity contribution in [1.82, 2.24) is 0 Å². The summed E-state index contributed by atoms with van der Waals surface area (Å²) in [6.07, 6.45) is 0.679. The molecule has 3 nitrogen and oxygen atoms in total. The summed E-state index contributed by atoms with van der Waals surface area (Å²) in [5.41, 5.74) is 7.50. The van der Waals surface area contributed by atoms with E-state index >= 15 is 0 Å². The Kier molecular flexibility index (Phi) is 4.97. The van der Waals surface area contributed by atoms with Gasteiger partial charge in [0, 0.05) is 10.7 Å². The normalized spacial score (nSPS) is 12.6. The first-order valence-electron chi connectivity index (χ1n) is 5.72. The minimum atomic E-state index is -0.468. The van der Waals surface area contributed by atoms with Crippen molar-refractivity contribution in [2.75, 3.05) is 5.32 Å². The van der Waals surface area contributed by atoms with E-state index in [0.29, 0.717) is 17.4 Å². The van der Waals surface area contributed by atoms with Gasteiger partial charge < -0.3 is 11.1 Å². The molecular weight excluding hydrogens is 236 g/mol. The van der Waals surface area contributed by atoms with E-state index in [9.17, 15) is 4.79 Å². The first kappa shape index (κ1) is 14.0. The Hall–Kier alpha value is -1.06. The maximum atomic E-state index is 11.8. The van der Waals surface area contributed by atoms with Crippen LogP contribution in [0.1, 0.15) is 25.8 Å². The highest BCUT2D eigenvalue weighted by atomic mass is 35.5. The molecule has 0 radical (unpaired) electrons. The SMILES string of the molecule is Cc1cc(Cl)ccc1NC(=O)[C@H](N)CC(C)C. The molecule has 1 atom stereocenters. The van der Waals surface area contributed by atoms with Crippen molar-refractivity contribution in [1.29, 1.82) is 0 Å². The molecule has 0 heterocycles. The summed E-state index contributed by atoms with van der Waals surface area (Å²) < 4.78 is 0. The van der Waals surface area contributed by atoms with Gasteiger partial charge in [-0.2, -0.15) is 0 Å². The Balaban J connectivity index is 2.67. The van der Waals surface area contributed by atoms with Gasteiger partial charge in [-0.15, -0.1) is 0 Å². The summed E-state index contributed by atoms with van der Waals surface area (Å²) in [6, 6.07) is 4.88. The number of hydrogen-bond donors (Lipinski definition) is 2. The molecule has 0 fully saturated rings. The second kappa shape index (κ2) is 6.03. The zero-order chi connectivity index (χ0) is 13.0. The van der Waals surface area contributed by atoms with Gasteiger partial charge in [0.15, 0.2) is 0 Å². The number of benzene rings is 1. The van der Waals surface area contributed by atoms with E-state index in [2.05, 4.69) is 5.32 Å². The Morgan fingerprint density at radius 1 is 1.47 bits per heavy atom. The third-order valence-corrected chi connectivity index (χ3v) is 2.74. The van der Waals surface area contributed by atoms with Crippen molar-refractivity contribution >= 4 is 23.2 Å². The average molecular weight is 255 g/mol. The van der Waals surface area contributed by atoms with Crippen LogP contribution in [0.3, 0.4) is 0 Å². The molecule has 0 unspecified atom stereocenters. The molecule has 0 spiro atoms. The van der Waals surface area contributed by atoms with Gasteiger partial charge in [0.1, 0.15) is 0 Å². The van der Waals surface area contributed by atoms with Crippen molar-refractivity contribution in [2.45, 2.75) is 33.2 Å². The summed E-state index contributed by atoms with van der Waals surface area (Å²) in [5.74, 6) is 0.256. The van der Waals surface area contributed by atoms with Gasteiger partial charge in [0.05, 0.1) is 6.04 Å². The van der Waals surface area contributed by atoms with E-state index in [4.69, 9.17) is 17.3 Å². The molecule has 0 aliphatic rings. The highest BCUT2D eigenvalue weighted by molar-refractivity contribution is 6.30. The lowest BCUT2D eigenvalue weighted by atomic mass is 10.0. The number of hydrogen-bond acceptors (Lipinski definition) is 2. The number of rotatable bonds is 4. The van der Waals surface area contributed by atoms with Crippen LogP contribution >= 0.6 is 11.6 Å². The van der Waals surface area contributed by atoms with E-state index in [1.54, 1.807) is 12.1 Å². The molecule has 0 aliphatic carbocycles. The van der Waals surface area contributed by atoms with Crippen LogP contribution in [-0.2, 0) is 4.79 Å². The first-order chi connectivity index (χ1) is 7.90. The van der Waals surface area contributed by atoms with Crippen molar-refractivity contribution in [3.05, 3.63) is 28.8 Å². The number of anilines is 1. The molecule has 1 rings (SSSR count). The Morgan fingerprint density at radius 3 is 2.65 bits per heavy atom. The Labute approximate surface area is 107 Å². The average Bonchev–Trinajstić information content (AvgIpc) is 2.21. The number of amides is 1. The van der Waals surface area contributed by atoms with E-state index in [1.165, 1.54) is 0 Å². The number of halogens is 1. The van der Waals surface area contributed by atoms with Crippen LogP contribution in [0.25, 0.3) is 0 Å². The summed E-state index contributed by atoms with van der Waals surface area (Å²) in [6.45, 7) is 5.98. The summed E-state index contributed by atoms with van der Waals surface area (Å²) in [5, 5.41) is 3.48. The van der Waals surface area contributed by atoms with E-state index in [0.717, 1.165) is 11.3 Å². The molecular formula is C13H19ClN2O. The first-order valence-corrected chi connectivity index (χ1v) is 6.10. The van der Waals surface area contributed by atoms with Crippen LogP contribution < -0.4 is 11.1 Å². The van der Waals surface area contributed by atoms with Gasteiger partial charge in [-0.1, -0.05) is 25.4 Å². The molecule has 4 heteroatoms. The fraction of sp³-hybridized carbons (Fsp3) is 0.462. The van der Waals surface area contributed by atoms with Crippen molar-refractivity contribution < 1.29 is 4.79 Å². The fourth-order valence-electron chi connectivity index (χ4n) is 1.61. The third kappa shape index (κ3) is 4.36. The molecule has 1 aromatic rings. The van der Waals surface area contributed by atoms with Crippen LogP contribution in [0.2, 0.25) is 5.02 Å². The maximum Gasteiger partial charge on any atom is 0.241 e. The number of nitrogens with one attached hydrogen (secondary N) is 1.